The summed E-state index contributed by atoms with van der Waals surface area (Å²) in [6.07, 6.45) is 0. The minimum atomic E-state index is -0.225. The summed E-state index contributed by atoms with van der Waals surface area (Å²) in [6, 6.07) is 9.81. The molecule has 19 heavy (non-hydrogen) atoms. The molecule has 0 saturated carbocycles. The Morgan fingerprint density at radius 3 is 2.37 bits per heavy atom. The van der Waals surface area contributed by atoms with E-state index >= 15 is 0 Å². The Balaban J connectivity index is 2.53. The Kier molecular flexibility index (Phi) is 4.72. The molecule has 0 aromatic heterocycles. The predicted molar refractivity (Wildman–Crippen MR) is 88.8 cm³/mol. The van der Waals surface area contributed by atoms with E-state index in [4.69, 9.17) is 17.3 Å². The van der Waals surface area contributed by atoms with Crippen molar-refractivity contribution in [3.05, 3.63) is 66.6 Å². The Morgan fingerprint density at radius 2 is 1.68 bits per heavy atom. The average molecular weight is 404 g/mol. The van der Waals surface area contributed by atoms with Crippen LogP contribution in [0.2, 0.25) is 5.02 Å². The van der Waals surface area contributed by atoms with Gasteiger partial charge in [0.05, 0.1) is 11.1 Å². The molecule has 2 rings (SSSR count). The van der Waals surface area contributed by atoms with Crippen LogP contribution in [0.4, 0.5) is 0 Å². The maximum atomic E-state index is 6.39. The minimum Gasteiger partial charge on any atom is -0.320 e. The molecular weight excluding hydrogens is 389 g/mol. The molecule has 100 valence electrons. The summed E-state index contributed by atoms with van der Waals surface area (Å²) >= 11 is 13.3. The van der Waals surface area contributed by atoms with Crippen molar-refractivity contribution in [3.63, 3.8) is 0 Å². The molecule has 0 amide bonds. The fraction of sp³-hybridized carbons (Fsp3) is 0.200. The molecule has 0 aliphatic rings. The standard InChI is InChI=1S/C15H14Br2ClN/c1-8-7-13(17)9(2)6-11(8)15(19)10-4-3-5-12(16)14(10)18/h3-7,15H,19H2,1-2H3. The summed E-state index contributed by atoms with van der Waals surface area (Å²) in [5.74, 6) is 0. The van der Waals surface area contributed by atoms with Crippen molar-refractivity contribution in [1.82, 2.24) is 0 Å². The van der Waals surface area contributed by atoms with E-state index in [2.05, 4.69) is 57.8 Å². The summed E-state index contributed by atoms with van der Waals surface area (Å²) in [6.45, 7) is 4.12. The second-order valence-corrected chi connectivity index (χ2v) is 6.67. The number of benzene rings is 2. The van der Waals surface area contributed by atoms with Crippen molar-refractivity contribution in [3.8, 4) is 0 Å². The molecule has 2 aromatic carbocycles. The summed E-state index contributed by atoms with van der Waals surface area (Å²) < 4.78 is 1.97. The van der Waals surface area contributed by atoms with Gasteiger partial charge >= 0.3 is 0 Å². The molecule has 2 N–H and O–H groups in total. The van der Waals surface area contributed by atoms with Crippen molar-refractivity contribution in [1.29, 1.82) is 0 Å². The highest BCUT2D eigenvalue weighted by Crippen LogP contribution is 2.34. The third kappa shape index (κ3) is 3.05. The lowest BCUT2D eigenvalue weighted by atomic mass is 9.94. The van der Waals surface area contributed by atoms with E-state index in [0.29, 0.717) is 5.02 Å². The van der Waals surface area contributed by atoms with E-state index in [0.717, 1.165) is 25.6 Å². The summed E-state index contributed by atoms with van der Waals surface area (Å²) in [4.78, 5) is 0. The molecule has 4 heteroatoms. The predicted octanol–water partition coefficient (Wildman–Crippen LogP) is 5.53. The molecule has 0 saturated heterocycles. The highest BCUT2D eigenvalue weighted by molar-refractivity contribution is 9.10. The van der Waals surface area contributed by atoms with E-state index in [9.17, 15) is 0 Å². The highest BCUT2D eigenvalue weighted by atomic mass is 79.9. The lowest BCUT2D eigenvalue weighted by Crippen LogP contribution is -2.14. The largest absolute Gasteiger partial charge is 0.320 e. The fourth-order valence-electron chi connectivity index (χ4n) is 2.07. The van der Waals surface area contributed by atoms with Gasteiger partial charge in [-0.05, 0) is 64.2 Å². The van der Waals surface area contributed by atoms with Crippen LogP contribution in [0.5, 0.6) is 0 Å². The van der Waals surface area contributed by atoms with Gasteiger partial charge in [0.2, 0.25) is 0 Å². The lowest BCUT2D eigenvalue weighted by Gasteiger charge is -2.18. The van der Waals surface area contributed by atoms with Gasteiger partial charge < -0.3 is 5.73 Å². The maximum Gasteiger partial charge on any atom is 0.0599 e. The van der Waals surface area contributed by atoms with Crippen LogP contribution in [0, 0.1) is 13.8 Å². The number of hydrogen-bond acceptors (Lipinski definition) is 1. The maximum absolute atomic E-state index is 6.39. The van der Waals surface area contributed by atoms with Gasteiger partial charge in [0.15, 0.2) is 0 Å². The number of halogens is 3. The first-order chi connectivity index (χ1) is 8.91. The normalized spacial score (nSPS) is 12.5. The molecule has 0 radical (unpaired) electrons. The van der Waals surface area contributed by atoms with Crippen molar-refractivity contribution in [2.24, 2.45) is 5.73 Å². The Labute approximate surface area is 135 Å². The van der Waals surface area contributed by atoms with Crippen LogP contribution in [0.1, 0.15) is 28.3 Å². The van der Waals surface area contributed by atoms with Crippen molar-refractivity contribution < 1.29 is 0 Å². The summed E-state index contributed by atoms with van der Waals surface area (Å²) in [5.41, 5.74) is 10.7. The molecule has 0 spiro atoms. The van der Waals surface area contributed by atoms with E-state index < -0.39 is 0 Å². The topological polar surface area (TPSA) is 26.0 Å². The zero-order valence-electron chi connectivity index (χ0n) is 10.7. The molecule has 1 unspecified atom stereocenters. The van der Waals surface area contributed by atoms with Gasteiger partial charge in [0, 0.05) is 8.95 Å². The van der Waals surface area contributed by atoms with Crippen LogP contribution in [0.3, 0.4) is 0 Å². The lowest BCUT2D eigenvalue weighted by molar-refractivity contribution is 0.858. The first kappa shape index (κ1) is 15.0. The first-order valence-corrected chi connectivity index (χ1v) is 7.84. The van der Waals surface area contributed by atoms with Crippen molar-refractivity contribution in [2.75, 3.05) is 0 Å². The molecular formula is C15H14Br2ClN. The van der Waals surface area contributed by atoms with Gasteiger partial charge in [-0.15, -0.1) is 0 Å². The third-order valence-electron chi connectivity index (χ3n) is 3.20. The zero-order chi connectivity index (χ0) is 14.2. The summed E-state index contributed by atoms with van der Waals surface area (Å²) in [7, 11) is 0. The van der Waals surface area contributed by atoms with Gasteiger partial charge in [0.25, 0.3) is 0 Å². The molecule has 0 bridgehead atoms. The monoisotopic (exact) mass is 401 g/mol. The fourth-order valence-corrected chi connectivity index (χ4v) is 3.15. The van der Waals surface area contributed by atoms with E-state index in [1.54, 1.807) is 0 Å². The van der Waals surface area contributed by atoms with Crippen molar-refractivity contribution >= 4 is 43.5 Å². The number of nitrogens with two attached hydrogens (primary N) is 1. The summed E-state index contributed by atoms with van der Waals surface area (Å²) in [5, 5.41) is 0.676. The van der Waals surface area contributed by atoms with Crippen LogP contribution in [0.15, 0.2) is 39.3 Å². The smallest absolute Gasteiger partial charge is 0.0599 e. The van der Waals surface area contributed by atoms with E-state index in [1.165, 1.54) is 5.56 Å². The quantitative estimate of drug-likeness (QED) is 0.701. The second-order valence-electron chi connectivity index (χ2n) is 4.58. The number of rotatable bonds is 2. The Hall–Kier alpha value is -0.350. The van der Waals surface area contributed by atoms with Crippen molar-refractivity contribution in [2.45, 2.75) is 19.9 Å². The second kappa shape index (κ2) is 5.96. The van der Waals surface area contributed by atoms with Crippen LogP contribution in [0.25, 0.3) is 0 Å². The van der Waals surface area contributed by atoms with Gasteiger partial charge in [-0.2, -0.15) is 0 Å². The van der Waals surface area contributed by atoms with Crippen LogP contribution in [-0.4, -0.2) is 0 Å². The van der Waals surface area contributed by atoms with Gasteiger partial charge in [-0.3, -0.25) is 0 Å². The minimum absolute atomic E-state index is 0.225. The molecule has 0 heterocycles. The number of hydrogen-bond donors (Lipinski definition) is 1. The van der Waals surface area contributed by atoms with E-state index in [1.807, 2.05) is 18.2 Å². The Morgan fingerprint density at radius 1 is 1.00 bits per heavy atom. The van der Waals surface area contributed by atoms with Gasteiger partial charge in [-0.1, -0.05) is 45.7 Å². The Bertz CT molecular complexity index is 626. The van der Waals surface area contributed by atoms with Crippen LogP contribution < -0.4 is 5.73 Å². The molecule has 1 nitrogen and oxygen atoms in total. The average Bonchev–Trinajstić information content (AvgIpc) is 2.36. The van der Waals surface area contributed by atoms with Gasteiger partial charge in [-0.25, -0.2) is 0 Å². The SMILES string of the molecule is Cc1cc(C(N)c2cccc(Br)c2Cl)c(C)cc1Br. The van der Waals surface area contributed by atoms with Gasteiger partial charge in [0.1, 0.15) is 0 Å². The molecule has 1 atom stereocenters. The zero-order valence-corrected chi connectivity index (χ0v) is 14.6. The van der Waals surface area contributed by atoms with Crippen LogP contribution >= 0.6 is 43.5 Å². The molecule has 0 aliphatic carbocycles. The van der Waals surface area contributed by atoms with Crippen LogP contribution in [-0.2, 0) is 0 Å². The van der Waals surface area contributed by atoms with E-state index in [-0.39, 0.29) is 6.04 Å². The third-order valence-corrected chi connectivity index (χ3v) is 5.36. The molecule has 2 aromatic rings. The highest BCUT2D eigenvalue weighted by Gasteiger charge is 2.16. The first-order valence-electron chi connectivity index (χ1n) is 5.88. The number of aryl methyl sites for hydroxylation is 2. The molecule has 0 fully saturated rings. The molecule has 0 aliphatic heterocycles.